The van der Waals surface area contributed by atoms with E-state index in [2.05, 4.69) is 34.5 Å². The van der Waals surface area contributed by atoms with E-state index in [4.69, 9.17) is 0 Å². The number of carbonyl (C=O) groups is 3. The Hall–Kier alpha value is -3.06. The summed E-state index contributed by atoms with van der Waals surface area (Å²) in [5.74, 6) is -1.29. The van der Waals surface area contributed by atoms with Crippen LogP contribution in [0.2, 0.25) is 0 Å². The van der Waals surface area contributed by atoms with Gasteiger partial charge in [0.25, 0.3) is 5.91 Å². The van der Waals surface area contributed by atoms with Crippen LogP contribution in [0.4, 0.5) is 4.39 Å². The number of carbonyl (C=O) groups excluding carboxylic acids is 3. The van der Waals surface area contributed by atoms with E-state index in [1.54, 1.807) is 0 Å². The van der Waals surface area contributed by atoms with Gasteiger partial charge in [-0.2, -0.15) is 0 Å². The quantitative estimate of drug-likeness (QED) is 0.667. The molecule has 0 aliphatic carbocycles. The van der Waals surface area contributed by atoms with E-state index in [1.807, 2.05) is 12.1 Å². The van der Waals surface area contributed by atoms with Gasteiger partial charge in [-0.1, -0.05) is 36.4 Å². The molecule has 3 aliphatic heterocycles. The predicted octanol–water partition coefficient (Wildman–Crippen LogP) is 3.40. The van der Waals surface area contributed by atoms with Crippen LogP contribution in [0.25, 0.3) is 0 Å². The molecule has 2 saturated heterocycles. The zero-order chi connectivity index (χ0) is 23.7. The Labute approximate surface area is 199 Å². The van der Waals surface area contributed by atoms with Crippen LogP contribution in [-0.2, 0) is 22.6 Å². The molecular formula is C27H30FN3O3. The Bertz CT molecular complexity index is 1100. The molecular weight excluding hydrogens is 433 g/mol. The number of imide groups is 1. The van der Waals surface area contributed by atoms with E-state index in [0.717, 1.165) is 50.9 Å². The summed E-state index contributed by atoms with van der Waals surface area (Å²) in [5.41, 5.74) is 3.15. The lowest BCUT2D eigenvalue weighted by molar-refractivity contribution is -0.136. The number of benzene rings is 2. The van der Waals surface area contributed by atoms with E-state index in [-0.39, 0.29) is 36.5 Å². The first kappa shape index (κ1) is 22.7. The van der Waals surface area contributed by atoms with Crippen molar-refractivity contribution >= 4 is 17.7 Å². The molecule has 2 aromatic carbocycles. The number of halogens is 1. The van der Waals surface area contributed by atoms with Crippen molar-refractivity contribution in [1.82, 2.24) is 15.1 Å². The van der Waals surface area contributed by atoms with Crippen LogP contribution >= 0.6 is 0 Å². The molecule has 6 nitrogen and oxygen atoms in total. The first-order valence-electron chi connectivity index (χ1n) is 12.2. The fourth-order valence-electron chi connectivity index (χ4n) is 5.54. The molecule has 5 rings (SSSR count). The summed E-state index contributed by atoms with van der Waals surface area (Å²) in [5, 5.41) is 2.31. The number of nitrogens with one attached hydrogen (secondary N) is 1. The van der Waals surface area contributed by atoms with Crippen LogP contribution in [0, 0.1) is 5.82 Å². The Morgan fingerprint density at radius 3 is 2.50 bits per heavy atom. The predicted molar refractivity (Wildman–Crippen MR) is 126 cm³/mol. The number of amides is 3. The Morgan fingerprint density at radius 2 is 1.76 bits per heavy atom. The zero-order valence-corrected chi connectivity index (χ0v) is 19.3. The summed E-state index contributed by atoms with van der Waals surface area (Å²) >= 11 is 0. The lowest BCUT2D eigenvalue weighted by Gasteiger charge is -2.32. The highest BCUT2D eigenvalue weighted by molar-refractivity contribution is 6.05. The van der Waals surface area contributed by atoms with Crippen molar-refractivity contribution in [3.8, 4) is 0 Å². The molecule has 178 valence electrons. The van der Waals surface area contributed by atoms with E-state index < -0.39 is 11.9 Å². The Morgan fingerprint density at radius 1 is 1.00 bits per heavy atom. The number of hydrogen-bond acceptors (Lipinski definition) is 4. The van der Waals surface area contributed by atoms with Gasteiger partial charge in [-0.15, -0.1) is 0 Å². The highest BCUT2D eigenvalue weighted by Crippen LogP contribution is 2.35. The molecule has 1 N–H and O–H groups in total. The van der Waals surface area contributed by atoms with Crippen molar-refractivity contribution < 1.29 is 18.8 Å². The molecule has 3 heterocycles. The minimum absolute atomic E-state index is 0.135. The highest BCUT2D eigenvalue weighted by atomic mass is 19.1. The molecule has 0 radical (unpaired) electrons. The normalized spacial score (nSPS) is 21.6. The van der Waals surface area contributed by atoms with Gasteiger partial charge >= 0.3 is 0 Å². The van der Waals surface area contributed by atoms with E-state index >= 15 is 4.39 Å². The maximum Gasteiger partial charge on any atom is 0.255 e. The second-order valence-electron chi connectivity index (χ2n) is 9.64. The lowest BCUT2D eigenvalue weighted by atomic mass is 9.87. The summed E-state index contributed by atoms with van der Waals surface area (Å²) in [6.45, 7) is 3.21. The largest absolute Gasteiger partial charge is 0.322 e. The number of nitrogens with zero attached hydrogens (tertiary/aromatic N) is 2. The second kappa shape index (κ2) is 9.66. The summed E-state index contributed by atoms with van der Waals surface area (Å²) in [6.07, 6.45) is 4.48. The molecule has 2 fully saturated rings. The molecule has 0 saturated carbocycles. The highest BCUT2D eigenvalue weighted by Gasteiger charge is 2.40. The van der Waals surface area contributed by atoms with E-state index in [9.17, 15) is 14.4 Å². The summed E-state index contributed by atoms with van der Waals surface area (Å²) in [4.78, 5) is 40.5. The van der Waals surface area contributed by atoms with Crippen molar-refractivity contribution in [2.45, 2.75) is 57.0 Å². The molecule has 7 heteroatoms. The van der Waals surface area contributed by atoms with Crippen LogP contribution in [0.15, 0.2) is 42.5 Å². The van der Waals surface area contributed by atoms with Crippen molar-refractivity contribution in [3.63, 3.8) is 0 Å². The maximum atomic E-state index is 15.1. The number of piperidine rings is 2. The van der Waals surface area contributed by atoms with Gasteiger partial charge in [0.05, 0.1) is 0 Å². The molecule has 34 heavy (non-hydrogen) atoms. The monoisotopic (exact) mass is 463 g/mol. The molecule has 1 unspecified atom stereocenters. The molecule has 2 aromatic rings. The summed E-state index contributed by atoms with van der Waals surface area (Å²) < 4.78 is 15.1. The van der Waals surface area contributed by atoms with Crippen LogP contribution in [0.1, 0.15) is 65.1 Å². The summed E-state index contributed by atoms with van der Waals surface area (Å²) in [7, 11) is 0. The standard InChI is InChI=1S/C27H30FN3O3/c28-23-16-22-20(17-31(27(22)34)24-8-9-25(32)29-26(24)33)15-21(23)19-10-13-30(14-11-19)12-4-7-18-5-2-1-3-6-18/h1-3,5-6,15-16,19,24H,4,7-14,17H2,(H,29,32,33). The molecule has 0 aromatic heterocycles. The smallest absolute Gasteiger partial charge is 0.255 e. The van der Waals surface area contributed by atoms with Crippen LogP contribution in [-0.4, -0.2) is 53.2 Å². The van der Waals surface area contributed by atoms with Gasteiger partial charge in [0.15, 0.2) is 0 Å². The third kappa shape index (κ3) is 4.62. The van der Waals surface area contributed by atoms with Gasteiger partial charge < -0.3 is 9.80 Å². The molecule has 3 aliphatic rings. The molecule has 0 spiro atoms. The van der Waals surface area contributed by atoms with Crippen molar-refractivity contribution in [2.24, 2.45) is 0 Å². The molecule has 0 bridgehead atoms. The van der Waals surface area contributed by atoms with Crippen molar-refractivity contribution in [3.05, 3.63) is 70.5 Å². The fraction of sp³-hybridized carbons (Fsp3) is 0.444. The third-order valence-corrected chi connectivity index (χ3v) is 7.45. The van der Waals surface area contributed by atoms with Gasteiger partial charge in [0.2, 0.25) is 11.8 Å². The van der Waals surface area contributed by atoms with Gasteiger partial charge in [-0.3, -0.25) is 19.7 Å². The second-order valence-corrected chi connectivity index (χ2v) is 9.64. The first-order valence-corrected chi connectivity index (χ1v) is 12.2. The Balaban J connectivity index is 1.19. The number of likely N-dealkylation sites (tertiary alicyclic amines) is 1. The maximum absolute atomic E-state index is 15.1. The average Bonchev–Trinajstić information content (AvgIpc) is 3.15. The third-order valence-electron chi connectivity index (χ3n) is 7.45. The number of rotatable bonds is 6. The van der Waals surface area contributed by atoms with Gasteiger partial charge in [0, 0.05) is 18.5 Å². The lowest BCUT2D eigenvalue weighted by Crippen LogP contribution is -2.52. The summed E-state index contributed by atoms with van der Waals surface area (Å²) in [6, 6.07) is 13.0. The van der Waals surface area contributed by atoms with E-state index in [1.165, 1.54) is 16.5 Å². The molecule has 3 amide bonds. The number of fused-ring (bicyclic) bond motifs is 1. The van der Waals surface area contributed by atoms with Crippen LogP contribution in [0.3, 0.4) is 0 Å². The van der Waals surface area contributed by atoms with Gasteiger partial charge in [-0.05, 0) is 80.4 Å². The van der Waals surface area contributed by atoms with Gasteiger partial charge in [0.1, 0.15) is 11.9 Å². The minimum Gasteiger partial charge on any atom is -0.322 e. The van der Waals surface area contributed by atoms with Gasteiger partial charge in [-0.25, -0.2) is 4.39 Å². The van der Waals surface area contributed by atoms with Crippen LogP contribution in [0.5, 0.6) is 0 Å². The van der Waals surface area contributed by atoms with Crippen molar-refractivity contribution in [2.75, 3.05) is 19.6 Å². The number of aryl methyl sites for hydroxylation is 1. The first-order chi connectivity index (χ1) is 16.5. The minimum atomic E-state index is -0.678. The Kier molecular flexibility index (Phi) is 6.46. The van der Waals surface area contributed by atoms with E-state index in [0.29, 0.717) is 17.5 Å². The molecule has 1 atom stereocenters. The average molecular weight is 464 g/mol. The SMILES string of the molecule is O=C1CCC(N2Cc3cc(C4CCN(CCCc5ccccc5)CC4)c(F)cc3C2=O)C(=O)N1. The van der Waals surface area contributed by atoms with Crippen molar-refractivity contribution in [1.29, 1.82) is 0 Å². The van der Waals surface area contributed by atoms with Crippen LogP contribution < -0.4 is 5.32 Å². The number of hydrogen-bond donors (Lipinski definition) is 1. The topological polar surface area (TPSA) is 69.7 Å². The fourth-order valence-corrected chi connectivity index (χ4v) is 5.54. The zero-order valence-electron chi connectivity index (χ0n) is 19.3.